The average molecular weight is 613 g/mol. The fraction of sp³-hybridized carbons (Fsp3) is 0.370. The Morgan fingerprint density at radius 3 is 2.61 bits per heavy atom. The van der Waals surface area contributed by atoms with Gasteiger partial charge in [0.2, 0.25) is 11.8 Å². The van der Waals surface area contributed by atoms with E-state index in [1.165, 1.54) is 19.9 Å². The Labute approximate surface area is 247 Å². The van der Waals surface area contributed by atoms with Gasteiger partial charge >= 0.3 is 5.69 Å². The van der Waals surface area contributed by atoms with Crippen LogP contribution in [-0.2, 0) is 13.6 Å². The lowest BCUT2D eigenvalue weighted by atomic mass is 10.1. The van der Waals surface area contributed by atoms with Crippen molar-refractivity contribution in [3.05, 3.63) is 58.2 Å². The van der Waals surface area contributed by atoms with Crippen LogP contribution in [0.5, 0.6) is 0 Å². The van der Waals surface area contributed by atoms with Crippen molar-refractivity contribution in [1.82, 2.24) is 38.9 Å². The number of furan rings is 1. The molecule has 1 aliphatic heterocycles. The first-order valence-corrected chi connectivity index (χ1v) is 13.8. The molecule has 232 valence electrons. The highest BCUT2D eigenvalue weighted by atomic mass is 19.1. The highest BCUT2D eigenvalue weighted by Gasteiger charge is 2.25. The zero-order valence-electron chi connectivity index (χ0n) is 23.7. The molecule has 5 N–H and O–H groups in total. The molecule has 1 amide bonds. The number of nitrogens with one attached hydrogen (secondary N) is 1. The predicted octanol–water partition coefficient (Wildman–Crippen LogP) is -0.197. The summed E-state index contributed by atoms with van der Waals surface area (Å²) >= 11 is 0. The van der Waals surface area contributed by atoms with Gasteiger partial charge in [-0.05, 0) is 18.2 Å². The Balaban J connectivity index is 1.16. The molecule has 5 aromatic rings. The number of nitrogens with two attached hydrogens (primary N) is 1. The summed E-state index contributed by atoms with van der Waals surface area (Å²) in [6.07, 6.45) is 0.308. The van der Waals surface area contributed by atoms with Gasteiger partial charge in [-0.2, -0.15) is 9.50 Å². The Morgan fingerprint density at radius 2 is 1.91 bits per heavy atom. The van der Waals surface area contributed by atoms with Crippen molar-refractivity contribution in [3.8, 4) is 11.6 Å². The zero-order valence-corrected chi connectivity index (χ0v) is 23.7. The van der Waals surface area contributed by atoms with Crippen LogP contribution in [0.4, 0.5) is 20.4 Å². The second-order valence-corrected chi connectivity index (χ2v) is 10.4. The van der Waals surface area contributed by atoms with E-state index in [1.54, 1.807) is 24.1 Å². The molecule has 1 aromatic carbocycles. The van der Waals surface area contributed by atoms with Crippen LogP contribution in [-0.4, -0.2) is 102 Å². The maximum atomic E-state index is 14.8. The van der Waals surface area contributed by atoms with Crippen molar-refractivity contribution in [2.24, 2.45) is 7.05 Å². The summed E-state index contributed by atoms with van der Waals surface area (Å²) in [5.41, 5.74) is 6.81. The molecule has 0 bridgehead atoms. The molecule has 1 fully saturated rings. The number of aliphatic hydroxyl groups is 2. The third kappa shape index (κ3) is 5.24. The molecule has 6 rings (SSSR count). The van der Waals surface area contributed by atoms with Gasteiger partial charge in [-0.25, -0.2) is 18.6 Å². The van der Waals surface area contributed by atoms with Gasteiger partial charge in [0, 0.05) is 58.9 Å². The van der Waals surface area contributed by atoms with E-state index >= 15 is 0 Å². The van der Waals surface area contributed by atoms with Crippen LogP contribution >= 0.6 is 0 Å². The third-order valence-corrected chi connectivity index (χ3v) is 7.66. The van der Waals surface area contributed by atoms with Crippen molar-refractivity contribution >= 4 is 34.4 Å². The van der Waals surface area contributed by atoms with Gasteiger partial charge in [0.05, 0.1) is 30.2 Å². The van der Waals surface area contributed by atoms with Gasteiger partial charge in [-0.1, -0.05) is 0 Å². The number of carbonyl (C=O) groups is 1. The number of hydrogen-bond donors (Lipinski definition) is 4. The van der Waals surface area contributed by atoms with E-state index in [1.807, 2.05) is 0 Å². The van der Waals surface area contributed by atoms with Crippen molar-refractivity contribution in [1.29, 1.82) is 0 Å². The Bertz CT molecular complexity index is 1890. The van der Waals surface area contributed by atoms with Crippen LogP contribution in [0.3, 0.4) is 0 Å². The lowest BCUT2D eigenvalue weighted by Gasteiger charge is -2.36. The number of aryl methyl sites for hydroxylation is 1. The normalized spacial score (nSPS) is 15.0. The fourth-order valence-electron chi connectivity index (χ4n) is 5.28. The maximum Gasteiger partial charge on any atom is 0.330 e. The summed E-state index contributed by atoms with van der Waals surface area (Å²) in [5, 5.41) is 25.1. The number of piperazine rings is 1. The first-order valence-electron chi connectivity index (χ1n) is 13.8. The Hall–Kier alpha value is -4.87. The summed E-state index contributed by atoms with van der Waals surface area (Å²) in [7, 11) is 1.62. The number of aliphatic hydroxyl groups excluding tert-OH is 2. The number of benzene rings is 1. The number of hydrogen-bond acceptors (Lipinski definition) is 11. The fourth-order valence-corrected chi connectivity index (χ4v) is 5.28. The molecule has 17 heteroatoms. The number of nitrogens with zero attached hydrogens (tertiary/aromatic N) is 8. The molecular formula is C27H30F2N10O5. The van der Waals surface area contributed by atoms with Crippen LogP contribution in [0.1, 0.15) is 10.4 Å². The Morgan fingerprint density at radius 1 is 1.14 bits per heavy atom. The number of carbonyl (C=O) groups excluding carboxylic acids is 1. The number of anilines is 2. The monoisotopic (exact) mass is 612 g/mol. The van der Waals surface area contributed by atoms with E-state index in [4.69, 9.17) is 15.3 Å². The van der Waals surface area contributed by atoms with Crippen LogP contribution < -0.4 is 21.6 Å². The quantitative estimate of drug-likeness (QED) is 0.173. The topological polar surface area (TPSA) is 185 Å². The lowest BCUT2D eigenvalue weighted by molar-refractivity contribution is 0.0799. The molecule has 1 aliphatic rings. The molecule has 0 spiro atoms. The van der Waals surface area contributed by atoms with Gasteiger partial charge in [0.25, 0.3) is 5.91 Å². The number of nitrogen functional groups attached to an aromatic ring is 1. The van der Waals surface area contributed by atoms with E-state index in [0.29, 0.717) is 73.7 Å². The van der Waals surface area contributed by atoms with E-state index in [-0.39, 0.29) is 29.4 Å². The summed E-state index contributed by atoms with van der Waals surface area (Å²) in [6.45, 7) is 1.73. The summed E-state index contributed by atoms with van der Waals surface area (Å²) in [4.78, 5) is 38.5. The van der Waals surface area contributed by atoms with Crippen LogP contribution in [0, 0.1) is 11.6 Å². The zero-order chi connectivity index (χ0) is 31.1. The number of halogens is 2. The van der Waals surface area contributed by atoms with E-state index in [0.717, 1.165) is 6.07 Å². The van der Waals surface area contributed by atoms with E-state index in [9.17, 15) is 23.5 Å². The average Bonchev–Trinajstić information content (AvgIpc) is 3.75. The number of imidazole rings is 1. The third-order valence-electron chi connectivity index (χ3n) is 7.66. The van der Waals surface area contributed by atoms with Crippen molar-refractivity contribution < 1.29 is 28.2 Å². The number of fused-ring (bicyclic) bond motifs is 3. The molecule has 1 saturated heterocycles. The second-order valence-electron chi connectivity index (χ2n) is 10.4. The molecule has 15 nitrogen and oxygen atoms in total. The Kier molecular flexibility index (Phi) is 7.74. The first-order chi connectivity index (χ1) is 21.2. The van der Waals surface area contributed by atoms with Gasteiger partial charge in [-0.3, -0.25) is 18.8 Å². The molecular weight excluding hydrogens is 582 g/mol. The van der Waals surface area contributed by atoms with Gasteiger partial charge < -0.3 is 30.6 Å². The lowest BCUT2D eigenvalue weighted by Crippen LogP contribution is -2.48. The van der Waals surface area contributed by atoms with Crippen LogP contribution in [0.15, 0.2) is 39.7 Å². The predicted molar refractivity (Wildman–Crippen MR) is 154 cm³/mol. The van der Waals surface area contributed by atoms with Crippen LogP contribution in [0.25, 0.3) is 28.4 Å². The highest BCUT2D eigenvalue weighted by molar-refractivity contribution is 5.95. The second kappa shape index (κ2) is 11.7. The smallest absolute Gasteiger partial charge is 0.330 e. The SMILES string of the molecule is Cn1c(=O)n(CCN2CCN(c3cc(C(=O)NCC(O)CO)c(F)cc3F)CC2)c2nc(N)n3nc(-c4ccco4)nc3c21. The minimum absolute atomic E-state index is 0.0599. The van der Waals surface area contributed by atoms with E-state index in [2.05, 4.69) is 25.3 Å². The number of aromatic nitrogens is 6. The summed E-state index contributed by atoms with van der Waals surface area (Å²) in [5.74, 6) is -1.85. The van der Waals surface area contributed by atoms with E-state index < -0.39 is 30.3 Å². The summed E-state index contributed by atoms with van der Waals surface area (Å²) in [6, 6.07) is 5.24. The minimum atomic E-state index is -1.20. The molecule has 0 radical (unpaired) electrons. The van der Waals surface area contributed by atoms with Crippen molar-refractivity contribution in [2.75, 3.05) is 56.5 Å². The van der Waals surface area contributed by atoms with Gasteiger partial charge in [-0.15, -0.1) is 5.10 Å². The van der Waals surface area contributed by atoms with Crippen molar-refractivity contribution in [2.45, 2.75) is 12.6 Å². The molecule has 44 heavy (non-hydrogen) atoms. The number of amides is 1. The molecule has 5 heterocycles. The first kappa shape index (κ1) is 29.2. The van der Waals surface area contributed by atoms with Crippen LogP contribution in [0.2, 0.25) is 0 Å². The molecule has 0 saturated carbocycles. The summed E-state index contributed by atoms with van der Waals surface area (Å²) < 4.78 is 38.9. The maximum absolute atomic E-state index is 14.8. The minimum Gasteiger partial charge on any atom is -0.461 e. The molecule has 1 atom stereocenters. The molecule has 0 aliphatic carbocycles. The largest absolute Gasteiger partial charge is 0.461 e. The standard InChI is InChI=1S/C27H30F2N10O5/c1-35-21-23(33-26(30)39-24(21)32-22(34-39)20-3-2-10-44-20)38(27(35)43)9-6-36-4-7-37(8-5-36)19-11-16(17(28)12-18(19)29)25(42)31-13-15(41)14-40/h2-3,10-12,15,40-41H,4-9,13-14H2,1H3,(H2,30,33)(H,31,42). The molecule has 4 aromatic heterocycles. The number of rotatable bonds is 9. The highest BCUT2D eigenvalue weighted by Crippen LogP contribution is 2.26. The molecule has 1 unspecified atom stereocenters. The van der Waals surface area contributed by atoms with Gasteiger partial charge in [0.1, 0.15) is 17.2 Å². The van der Waals surface area contributed by atoms with Crippen molar-refractivity contribution in [3.63, 3.8) is 0 Å². The van der Waals surface area contributed by atoms with Gasteiger partial charge in [0.15, 0.2) is 17.1 Å².